The molecule has 4 N–H and O–H groups in total. The lowest BCUT2D eigenvalue weighted by molar-refractivity contribution is -0.137. The minimum Gasteiger partial charge on any atom is -0.361 e. The third kappa shape index (κ3) is 7.70. The highest BCUT2D eigenvalue weighted by Gasteiger charge is 2.31. The van der Waals surface area contributed by atoms with Crippen molar-refractivity contribution in [1.29, 1.82) is 0 Å². The summed E-state index contributed by atoms with van der Waals surface area (Å²) in [4.78, 5) is 46.8. The molecule has 8 nitrogen and oxygen atoms in total. The highest BCUT2D eigenvalue weighted by atomic mass is 16.2. The summed E-state index contributed by atoms with van der Waals surface area (Å²) in [5, 5.41) is 4.08. The number of hydrogen-bond acceptors (Lipinski definition) is 4. The van der Waals surface area contributed by atoms with Crippen LogP contribution in [-0.4, -0.2) is 71.3 Å². The fraction of sp³-hybridized carbons (Fsp3) is 0.343. The molecule has 4 aromatic rings. The third-order valence-corrected chi connectivity index (χ3v) is 8.21. The van der Waals surface area contributed by atoms with Crippen LogP contribution >= 0.6 is 0 Å². The molecule has 0 aliphatic carbocycles. The number of unbranched alkanes of at least 4 members (excludes halogenated alkanes) is 3. The van der Waals surface area contributed by atoms with Gasteiger partial charge >= 0.3 is 0 Å². The number of carbonyl (C=O) groups is 3. The molecule has 3 aromatic carbocycles. The van der Waals surface area contributed by atoms with Crippen molar-refractivity contribution in [2.24, 2.45) is 5.73 Å². The number of benzene rings is 3. The first-order valence-electron chi connectivity index (χ1n) is 15.3. The topological polar surface area (TPSA) is 112 Å². The normalized spacial score (nSPS) is 14.1. The number of nitrogens with one attached hydrogen (secondary N) is 2. The number of fused-ring (bicyclic) bond motifs is 1. The van der Waals surface area contributed by atoms with E-state index in [0.717, 1.165) is 53.3 Å². The van der Waals surface area contributed by atoms with E-state index in [4.69, 9.17) is 5.73 Å². The monoisotopic (exact) mass is 579 g/mol. The molecule has 2 heterocycles. The number of amides is 3. The van der Waals surface area contributed by atoms with E-state index in [1.807, 2.05) is 85.1 Å². The number of piperazine rings is 1. The summed E-state index contributed by atoms with van der Waals surface area (Å²) in [6.45, 7) is 2.39. The number of aromatic amines is 1. The van der Waals surface area contributed by atoms with E-state index in [-0.39, 0.29) is 17.7 Å². The Morgan fingerprint density at radius 3 is 2.16 bits per heavy atom. The number of nitrogens with zero attached hydrogens (tertiary/aromatic N) is 2. The lowest BCUT2D eigenvalue weighted by atomic mass is 10.0. The van der Waals surface area contributed by atoms with Gasteiger partial charge in [0.25, 0.3) is 5.91 Å². The number of para-hydroxylation sites is 1. The van der Waals surface area contributed by atoms with Gasteiger partial charge in [0.05, 0.1) is 0 Å². The van der Waals surface area contributed by atoms with Crippen LogP contribution in [0.2, 0.25) is 0 Å². The molecule has 0 spiro atoms. The molecular weight excluding hydrogens is 538 g/mol. The molecule has 3 amide bonds. The van der Waals surface area contributed by atoms with Crippen LogP contribution in [0, 0.1) is 0 Å². The molecule has 1 unspecified atom stereocenters. The Morgan fingerprint density at radius 1 is 0.767 bits per heavy atom. The van der Waals surface area contributed by atoms with Gasteiger partial charge in [-0.25, -0.2) is 0 Å². The molecule has 43 heavy (non-hydrogen) atoms. The van der Waals surface area contributed by atoms with Crippen molar-refractivity contribution in [2.45, 2.75) is 44.6 Å². The summed E-state index contributed by atoms with van der Waals surface area (Å²) in [7, 11) is 0. The lowest BCUT2D eigenvalue weighted by Crippen LogP contribution is -2.56. The van der Waals surface area contributed by atoms with E-state index in [2.05, 4.69) is 10.3 Å². The van der Waals surface area contributed by atoms with Crippen LogP contribution in [0.4, 0.5) is 0 Å². The Kier molecular flexibility index (Phi) is 10.2. The quantitative estimate of drug-likeness (QED) is 0.210. The smallest absolute Gasteiger partial charge is 0.253 e. The molecule has 0 bridgehead atoms. The molecule has 224 valence electrons. The molecule has 0 saturated carbocycles. The van der Waals surface area contributed by atoms with Crippen LogP contribution in [0.1, 0.15) is 48.0 Å². The minimum absolute atomic E-state index is 0.0370. The number of H-pyrrole nitrogens is 1. The van der Waals surface area contributed by atoms with Gasteiger partial charge in [-0.15, -0.1) is 0 Å². The fourth-order valence-electron chi connectivity index (χ4n) is 5.74. The van der Waals surface area contributed by atoms with Crippen molar-refractivity contribution in [1.82, 2.24) is 20.1 Å². The SMILES string of the molecule is NCCCCCCC(=O)NC(Cc1c[nH]c2ccccc12)C(=O)N1CCN(C(=O)c2ccc(-c3ccccc3)cc2)CC1. The molecular formula is C35H41N5O3. The summed E-state index contributed by atoms with van der Waals surface area (Å²) >= 11 is 0. The Morgan fingerprint density at radius 2 is 1.42 bits per heavy atom. The Hall–Kier alpha value is -4.43. The Bertz CT molecular complexity index is 1510. The van der Waals surface area contributed by atoms with E-state index >= 15 is 0 Å². The number of nitrogens with two attached hydrogens (primary N) is 1. The molecule has 1 aliphatic rings. The molecule has 1 aliphatic heterocycles. The van der Waals surface area contributed by atoms with Crippen LogP contribution in [-0.2, 0) is 16.0 Å². The maximum absolute atomic E-state index is 13.8. The second-order valence-electron chi connectivity index (χ2n) is 11.2. The van der Waals surface area contributed by atoms with Gasteiger partial charge in [-0.1, -0.05) is 73.5 Å². The van der Waals surface area contributed by atoms with Crippen molar-refractivity contribution in [3.05, 3.63) is 96.2 Å². The number of aromatic nitrogens is 1. The standard InChI is InChI=1S/C35H41N5O3/c36-19-9-2-1-6-14-33(41)38-32(24-29-25-37-31-13-8-7-12-30(29)31)35(43)40-22-20-39(21-23-40)34(42)28-17-15-27(16-18-28)26-10-4-3-5-11-26/h3-5,7-8,10-13,15-18,25,32,37H,1-2,6,9,14,19-24,36H2,(H,38,41). The summed E-state index contributed by atoms with van der Waals surface area (Å²) in [5.74, 6) is -0.259. The van der Waals surface area contributed by atoms with Crippen LogP contribution in [0.5, 0.6) is 0 Å². The molecule has 1 atom stereocenters. The highest BCUT2D eigenvalue weighted by Crippen LogP contribution is 2.22. The zero-order chi connectivity index (χ0) is 30.0. The van der Waals surface area contributed by atoms with Gasteiger partial charge in [-0.3, -0.25) is 14.4 Å². The lowest BCUT2D eigenvalue weighted by Gasteiger charge is -2.36. The zero-order valence-corrected chi connectivity index (χ0v) is 24.6. The van der Waals surface area contributed by atoms with Gasteiger partial charge in [0.2, 0.25) is 11.8 Å². The summed E-state index contributed by atoms with van der Waals surface area (Å²) in [6.07, 6.45) is 6.37. The minimum atomic E-state index is -0.677. The maximum atomic E-state index is 13.8. The predicted molar refractivity (Wildman–Crippen MR) is 170 cm³/mol. The Balaban J connectivity index is 1.21. The number of carbonyl (C=O) groups excluding carboxylic acids is 3. The number of hydrogen-bond donors (Lipinski definition) is 3. The van der Waals surface area contributed by atoms with Crippen molar-refractivity contribution in [3.63, 3.8) is 0 Å². The zero-order valence-electron chi connectivity index (χ0n) is 24.6. The van der Waals surface area contributed by atoms with Crippen molar-refractivity contribution in [3.8, 4) is 11.1 Å². The van der Waals surface area contributed by atoms with Gasteiger partial charge in [0.15, 0.2) is 0 Å². The second-order valence-corrected chi connectivity index (χ2v) is 11.2. The van der Waals surface area contributed by atoms with Crippen molar-refractivity contribution >= 4 is 28.6 Å². The van der Waals surface area contributed by atoms with Gasteiger partial charge < -0.3 is 25.8 Å². The first kappa shape index (κ1) is 30.0. The molecule has 1 fully saturated rings. The highest BCUT2D eigenvalue weighted by molar-refractivity contribution is 5.95. The van der Waals surface area contributed by atoms with E-state index in [9.17, 15) is 14.4 Å². The molecule has 0 radical (unpaired) electrons. The van der Waals surface area contributed by atoms with Gasteiger partial charge in [0, 0.05) is 61.7 Å². The fourth-order valence-corrected chi connectivity index (χ4v) is 5.74. The van der Waals surface area contributed by atoms with Gasteiger partial charge in [-0.05, 0) is 54.3 Å². The Labute approximate surface area is 253 Å². The van der Waals surface area contributed by atoms with Crippen molar-refractivity contribution < 1.29 is 14.4 Å². The number of rotatable bonds is 12. The average molecular weight is 580 g/mol. The molecule has 1 saturated heterocycles. The van der Waals surface area contributed by atoms with E-state index in [1.54, 1.807) is 9.80 Å². The van der Waals surface area contributed by atoms with E-state index < -0.39 is 6.04 Å². The predicted octanol–water partition coefficient (Wildman–Crippen LogP) is 4.76. The van der Waals surface area contributed by atoms with E-state index in [0.29, 0.717) is 51.1 Å². The summed E-state index contributed by atoms with van der Waals surface area (Å²) in [5.41, 5.74) is 10.4. The van der Waals surface area contributed by atoms with E-state index in [1.165, 1.54) is 0 Å². The van der Waals surface area contributed by atoms with Crippen molar-refractivity contribution in [2.75, 3.05) is 32.7 Å². The maximum Gasteiger partial charge on any atom is 0.253 e. The van der Waals surface area contributed by atoms with Crippen LogP contribution in [0.15, 0.2) is 85.1 Å². The summed E-state index contributed by atoms with van der Waals surface area (Å²) < 4.78 is 0. The van der Waals surface area contributed by atoms with Crippen LogP contribution in [0.25, 0.3) is 22.0 Å². The molecule has 8 heteroatoms. The van der Waals surface area contributed by atoms with Crippen LogP contribution in [0.3, 0.4) is 0 Å². The largest absolute Gasteiger partial charge is 0.361 e. The third-order valence-electron chi connectivity index (χ3n) is 8.21. The first-order chi connectivity index (χ1) is 21.0. The van der Waals surface area contributed by atoms with Gasteiger partial charge in [-0.2, -0.15) is 0 Å². The summed E-state index contributed by atoms with van der Waals surface area (Å²) in [6, 6.07) is 25.0. The molecule has 5 rings (SSSR count). The molecule has 1 aromatic heterocycles. The van der Waals surface area contributed by atoms with Gasteiger partial charge in [0.1, 0.15) is 6.04 Å². The first-order valence-corrected chi connectivity index (χ1v) is 15.3. The van der Waals surface area contributed by atoms with Crippen LogP contribution < -0.4 is 11.1 Å². The second kappa shape index (κ2) is 14.6. The average Bonchev–Trinajstić information content (AvgIpc) is 3.47.